The van der Waals surface area contributed by atoms with Crippen molar-refractivity contribution < 1.29 is 4.79 Å². The normalized spacial score (nSPS) is 10.6. The number of anilines is 1. The van der Waals surface area contributed by atoms with Gasteiger partial charge in [0.05, 0.1) is 15.9 Å². The monoisotopic (exact) mass is 467 g/mol. The molecule has 0 saturated carbocycles. The molecule has 3 aromatic rings. The van der Waals surface area contributed by atoms with Gasteiger partial charge in [-0.2, -0.15) is 0 Å². The number of thiocarbonyl (C=S) groups is 1. The van der Waals surface area contributed by atoms with Gasteiger partial charge in [-0.1, -0.05) is 19.1 Å². The molecule has 2 N–H and O–H groups in total. The number of rotatable bonds is 3. The highest BCUT2D eigenvalue weighted by atomic mass is 127. The molecule has 0 aliphatic rings. The first-order valence-corrected chi connectivity index (χ1v) is 9.63. The average Bonchev–Trinajstić information content (AvgIpc) is 3.00. The fraction of sp³-hybridized carbons (Fsp3) is 0.118. The molecular weight excluding hydrogens is 453 g/mol. The number of thiazole rings is 1. The fourth-order valence-electron chi connectivity index (χ4n) is 2.16. The van der Waals surface area contributed by atoms with Crippen LogP contribution in [0.15, 0.2) is 42.5 Å². The largest absolute Gasteiger partial charge is 0.332 e. The van der Waals surface area contributed by atoms with Crippen LogP contribution in [0.25, 0.3) is 20.8 Å². The average molecular weight is 467 g/mol. The van der Waals surface area contributed by atoms with Gasteiger partial charge in [0.2, 0.25) is 5.91 Å². The number of carbonyl (C=O) groups excluding carboxylic acids is 1. The molecule has 24 heavy (non-hydrogen) atoms. The van der Waals surface area contributed by atoms with Crippen molar-refractivity contribution in [2.75, 3.05) is 5.32 Å². The van der Waals surface area contributed by atoms with Crippen molar-refractivity contribution in [3.05, 3.63) is 46.0 Å². The lowest BCUT2D eigenvalue weighted by Gasteiger charge is -2.12. The van der Waals surface area contributed by atoms with Gasteiger partial charge in [-0.15, -0.1) is 11.3 Å². The van der Waals surface area contributed by atoms with Crippen LogP contribution in [0, 0.1) is 3.57 Å². The summed E-state index contributed by atoms with van der Waals surface area (Å²) < 4.78 is 2.25. The SMILES string of the molecule is CCC(=O)NC(=S)Nc1ccc(I)cc1-c1nc2ccccc2s1. The maximum Gasteiger partial charge on any atom is 0.225 e. The Hall–Kier alpha value is -1.58. The van der Waals surface area contributed by atoms with Crippen molar-refractivity contribution in [2.24, 2.45) is 0 Å². The summed E-state index contributed by atoms with van der Waals surface area (Å²) >= 11 is 9.13. The predicted octanol–water partition coefficient (Wildman–Crippen LogP) is 4.79. The molecule has 1 heterocycles. The van der Waals surface area contributed by atoms with E-state index in [1.54, 1.807) is 18.3 Å². The van der Waals surface area contributed by atoms with Crippen LogP contribution in [-0.2, 0) is 4.79 Å². The third-order valence-electron chi connectivity index (χ3n) is 3.33. The number of carbonyl (C=O) groups is 1. The first-order valence-electron chi connectivity index (χ1n) is 7.33. The van der Waals surface area contributed by atoms with E-state index in [1.165, 1.54) is 0 Å². The molecule has 4 nitrogen and oxygen atoms in total. The van der Waals surface area contributed by atoms with Gasteiger partial charge >= 0.3 is 0 Å². The number of nitrogens with one attached hydrogen (secondary N) is 2. The summed E-state index contributed by atoms with van der Waals surface area (Å²) in [6.45, 7) is 1.79. The number of fused-ring (bicyclic) bond motifs is 1. The number of nitrogens with zero attached hydrogens (tertiary/aromatic N) is 1. The van der Waals surface area contributed by atoms with Gasteiger partial charge < -0.3 is 10.6 Å². The van der Waals surface area contributed by atoms with Crippen LogP contribution in [0.5, 0.6) is 0 Å². The number of halogens is 1. The van der Waals surface area contributed by atoms with Gasteiger partial charge in [0.1, 0.15) is 5.01 Å². The lowest BCUT2D eigenvalue weighted by atomic mass is 10.2. The minimum atomic E-state index is -0.112. The minimum Gasteiger partial charge on any atom is -0.332 e. The summed E-state index contributed by atoms with van der Waals surface area (Å²) in [6, 6.07) is 14.1. The summed E-state index contributed by atoms with van der Waals surface area (Å²) in [5.74, 6) is -0.112. The van der Waals surface area contributed by atoms with Crippen LogP contribution in [0.4, 0.5) is 5.69 Å². The van der Waals surface area contributed by atoms with Crippen LogP contribution < -0.4 is 10.6 Å². The summed E-state index contributed by atoms with van der Waals surface area (Å²) in [5, 5.41) is 6.98. The van der Waals surface area contributed by atoms with Gasteiger partial charge in [0.15, 0.2) is 5.11 Å². The van der Waals surface area contributed by atoms with Gasteiger partial charge in [-0.3, -0.25) is 4.79 Å². The zero-order chi connectivity index (χ0) is 17.1. The summed E-state index contributed by atoms with van der Waals surface area (Å²) in [6.07, 6.45) is 0.388. The van der Waals surface area contributed by atoms with Gasteiger partial charge in [-0.25, -0.2) is 4.98 Å². The second-order valence-electron chi connectivity index (χ2n) is 5.03. The lowest BCUT2D eigenvalue weighted by Crippen LogP contribution is -2.33. The van der Waals surface area contributed by atoms with E-state index in [4.69, 9.17) is 17.2 Å². The van der Waals surface area contributed by atoms with Gasteiger partial charge in [0.25, 0.3) is 0 Å². The highest BCUT2D eigenvalue weighted by Crippen LogP contribution is 2.35. The molecule has 0 atom stereocenters. The number of amides is 1. The van der Waals surface area contributed by atoms with Crippen LogP contribution >= 0.6 is 46.1 Å². The number of aromatic nitrogens is 1. The molecule has 0 unspecified atom stereocenters. The Kier molecular flexibility index (Phi) is 5.42. The van der Waals surface area contributed by atoms with Crippen molar-refractivity contribution in [2.45, 2.75) is 13.3 Å². The molecule has 0 radical (unpaired) electrons. The summed E-state index contributed by atoms with van der Waals surface area (Å²) in [5.41, 5.74) is 2.77. The van der Waals surface area contributed by atoms with Gasteiger partial charge in [-0.05, 0) is 65.1 Å². The van der Waals surface area contributed by atoms with E-state index in [2.05, 4.69) is 45.4 Å². The van der Waals surface area contributed by atoms with E-state index < -0.39 is 0 Å². The highest BCUT2D eigenvalue weighted by molar-refractivity contribution is 14.1. The van der Waals surface area contributed by atoms with E-state index in [0.29, 0.717) is 11.5 Å². The van der Waals surface area contributed by atoms with Crippen molar-refractivity contribution in [1.82, 2.24) is 10.3 Å². The number of hydrogen-bond acceptors (Lipinski definition) is 4. The van der Waals surface area contributed by atoms with E-state index >= 15 is 0 Å². The fourth-order valence-corrected chi connectivity index (χ4v) is 3.87. The summed E-state index contributed by atoms with van der Waals surface area (Å²) in [4.78, 5) is 16.2. The lowest BCUT2D eigenvalue weighted by molar-refractivity contribution is -0.119. The molecule has 2 aromatic carbocycles. The number of benzene rings is 2. The molecule has 122 valence electrons. The number of hydrogen-bond donors (Lipinski definition) is 2. The first-order chi connectivity index (χ1) is 11.6. The molecule has 0 saturated heterocycles. The smallest absolute Gasteiger partial charge is 0.225 e. The molecule has 7 heteroatoms. The molecule has 0 bridgehead atoms. The van der Waals surface area contributed by atoms with Crippen LogP contribution in [0.2, 0.25) is 0 Å². The topological polar surface area (TPSA) is 54.0 Å². The molecule has 3 rings (SSSR count). The number of para-hydroxylation sites is 1. The van der Waals surface area contributed by atoms with Crippen LogP contribution in [-0.4, -0.2) is 16.0 Å². The third-order valence-corrected chi connectivity index (χ3v) is 5.27. The Morgan fingerprint density at radius 1 is 1.29 bits per heavy atom. The zero-order valence-corrected chi connectivity index (χ0v) is 16.6. The predicted molar refractivity (Wildman–Crippen MR) is 112 cm³/mol. The maximum absolute atomic E-state index is 11.5. The highest BCUT2D eigenvalue weighted by Gasteiger charge is 2.13. The molecular formula is C17H14IN3OS2. The molecule has 0 fully saturated rings. The Morgan fingerprint density at radius 2 is 2.08 bits per heavy atom. The quantitative estimate of drug-likeness (QED) is 0.430. The van der Waals surface area contributed by atoms with E-state index in [9.17, 15) is 4.79 Å². The Balaban J connectivity index is 1.96. The van der Waals surface area contributed by atoms with E-state index in [0.717, 1.165) is 30.0 Å². The molecule has 1 aromatic heterocycles. The van der Waals surface area contributed by atoms with Crippen molar-refractivity contribution >= 4 is 73.1 Å². The Labute approximate surface area is 162 Å². The van der Waals surface area contributed by atoms with Crippen molar-refractivity contribution in [1.29, 1.82) is 0 Å². The molecule has 1 amide bonds. The Morgan fingerprint density at radius 3 is 2.83 bits per heavy atom. The van der Waals surface area contributed by atoms with Crippen LogP contribution in [0.3, 0.4) is 0 Å². The first kappa shape index (κ1) is 17.2. The van der Waals surface area contributed by atoms with Crippen LogP contribution in [0.1, 0.15) is 13.3 Å². The summed E-state index contributed by atoms with van der Waals surface area (Å²) in [7, 11) is 0. The molecule has 0 aliphatic heterocycles. The zero-order valence-electron chi connectivity index (χ0n) is 12.8. The van der Waals surface area contributed by atoms with Crippen molar-refractivity contribution in [3.63, 3.8) is 0 Å². The minimum absolute atomic E-state index is 0.112. The van der Waals surface area contributed by atoms with E-state index in [-0.39, 0.29) is 5.91 Å². The van der Waals surface area contributed by atoms with Crippen molar-refractivity contribution in [3.8, 4) is 10.6 Å². The van der Waals surface area contributed by atoms with E-state index in [1.807, 2.05) is 30.3 Å². The second-order valence-corrected chi connectivity index (χ2v) is 7.72. The van der Waals surface area contributed by atoms with Gasteiger partial charge in [0, 0.05) is 15.6 Å². The second kappa shape index (κ2) is 7.54. The third kappa shape index (κ3) is 3.90. The maximum atomic E-state index is 11.5. The standard InChI is InChI=1S/C17H14IN3OS2/c1-2-15(22)21-17(23)20-12-8-7-10(18)9-11(12)16-19-13-5-3-4-6-14(13)24-16/h3-9H,2H2,1H3,(H2,20,21,22,23). The molecule has 0 aliphatic carbocycles. The Bertz CT molecular complexity index is 890. The molecule has 0 spiro atoms.